The second-order valence-corrected chi connectivity index (χ2v) is 5.82. The van der Waals surface area contributed by atoms with Crippen molar-refractivity contribution in [3.8, 4) is 0 Å². The van der Waals surface area contributed by atoms with E-state index in [4.69, 9.17) is 0 Å². The molecule has 1 amide bonds. The van der Waals surface area contributed by atoms with Crippen LogP contribution in [0.5, 0.6) is 0 Å². The van der Waals surface area contributed by atoms with Crippen molar-refractivity contribution in [3.05, 3.63) is 18.1 Å². The first-order chi connectivity index (χ1) is 10.1. The minimum absolute atomic E-state index is 0.135. The molecule has 0 saturated carbocycles. The fourth-order valence-electron chi connectivity index (χ4n) is 2.62. The van der Waals surface area contributed by atoms with Gasteiger partial charge in [-0.05, 0) is 32.4 Å². The second kappa shape index (κ2) is 7.36. The van der Waals surface area contributed by atoms with Gasteiger partial charge in [0.1, 0.15) is 11.5 Å². The lowest BCUT2D eigenvalue weighted by Crippen LogP contribution is -2.49. The molecule has 1 aliphatic rings. The summed E-state index contributed by atoms with van der Waals surface area (Å²) >= 11 is 0. The highest BCUT2D eigenvalue weighted by atomic mass is 16.2. The number of aromatic nitrogens is 2. The molecule has 6 nitrogen and oxygen atoms in total. The molecule has 2 N–H and O–H groups in total. The van der Waals surface area contributed by atoms with Crippen molar-refractivity contribution >= 4 is 11.7 Å². The Hall–Kier alpha value is -1.69. The number of amides is 1. The summed E-state index contributed by atoms with van der Waals surface area (Å²) in [6.45, 7) is 7.10. The molecule has 1 aliphatic heterocycles. The molecular weight excluding hydrogens is 266 g/mol. The number of hydrogen-bond acceptors (Lipinski definition) is 5. The first kappa shape index (κ1) is 15.7. The molecule has 2 atom stereocenters. The second-order valence-electron chi connectivity index (χ2n) is 5.82. The first-order valence-electron chi connectivity index (χ1n) is 7.65. The van der Waals surface area contributed by atoms with E-state index in [1.165, 1.54) is 6.20 Å². The van der Waals surface area contributed by atoms with Gasteiger partial charge in [0.25, 0.3) is 5.91 Å². The third-order valence-corrected chi connectivity index (χ3v) is 3.85. The molecule has 1 saturated heterocycles. The number of rotatable bonds is 5. The van der Waals surface area contributed by atoms with E-state index < -0.39 is 0 Å². The first-order valence-corrected chi connectivity index (χ1v) is 7.65. The van der Waals surface area contributed by atoms with Crippen molar-refractivity contribution < 1.29 is 4.79 Å². The summed E-state index contributed by atoms with van der Waals surface area (Å²) in [5.74, 6) is 0.965. The minimum atomic E-state index is -0.135. The third-order valence-electron chi connectivity index (χ3n) is 3.85. The van der Waals surface area contributed by atoms with Crippen molar-refractivity contribution in [2.24, 2.45) is 5.92 Å². The Morgan fingerprint density at radius 2 is 2.29 bits per heavy atom. The molecule has 2 heterocycles. The number of nitrogens with zero attached hydrogens (tertiary/aromatic N) is 3. The van der Waals surface area contributed by atoms with Crippen LogP contribution in [0.25, 0.3) is 0 Å². The molecule has 0 spiro atoms. The summed E-state index contributed by atoms with van der Waals surface area (Å²) in [6.07, 6.45) is 5.15. The number of carbonyl (C=O) groups excluding carboxylic acids is 1. The summed E-state index contributed by atoms with van der Waals surface area (Å²) in [5.41, 5.74) is 0.377. The Morgan fingerprint density at radius 3 is 3.00 bits per heavy atom. The van der Waals surface area contributed by atoms with Crippen LogP contribution in [0.15, 0.2) is 12.4 Å². The predicted octanol–water partition coefficient (Wildman–Crippen LogP) is 1.37. The van der Waals surface area contributed by atoms with Crippen LogP contribution in [-0.4, -0.2) is 53.5 Å². The number of nitrogens with one attached hydrogen (secondary N) is 2. The lowest BCUT2D eigenvalue weighted by Gasteiger charge is -2.35. The summed E-state index contributed by atoms with van der Waals surface area (Å²) in [5, 5.41) is 6.24. The van der Waals surface area contributed by atoms with E-state index in [1.54, 1.807) is 6.20 Å². The van der Waals surface area contributed by atoms with Gasteiger partial charge >= 0.3 is 0 Å². The fourth-order valence-corrected chi connectivity index (χ4v) is 2.62. The highest BCUT2D eigenvalue weighted by molar-refractivity contribution is 5.92. The van der Waals surface area contributed by atoms with E-state index in [9.17, 15) is 4.79 Å². The number of piperidine rings is 1. The molecule has 2 unspecified atom stereocenters. The Labute approximate surface area is 126 Å². The van der Waals surface area contributed by atoms with Crippen molar-refractivity contribution in [2.45, 2.75) is 32.7 Å². The zero-order chi connectivity index (χ0) is 15.2. The average molecular weight is 291 g/mol. The zero-order valence-electron chi connectivity index (χ0n) is 13.1. The smallest absolute Gasteiger partial charge is 0.271 e. The van der Waals surface area contributed by atoms with Crippen molar-refractivity contribution in [2.75, 3.05) is 32.0 Å². The van der Waals surface area contributed by atoms with Crippen LogP contribution >= 0.6 is 0 Å². The van der Waals surface area contributed by atoms with Crippen LogP contribution in [0.4, 0.5) is 5.82 Å². The van der Waals surface area contributed by atoms with Crippen LogP contribution in [-0.2, 0) is 0 Å². The Bertz CT molecular complexity index is 479. The number of likely N-dealkylation sites (tertiary alicyclic amines) is 1. The maximum Gasteiger partial charge on any atom is 0.271 e. The summed E-state index contributed by atoms with van der Waals surface area (Å²) in [7, 11) is 2.11. The van der Waals surface area contributed by atoms with E-state index in [2.05, 4.69) is 46.4 Å². The van der Waals surface area contributed by atoms with Gasteiger partial charge in [-0.15, -0.1) is 0 Å². The third kappa shape index (κ3) is 4.39. The van der Waals surface area contributed by atoms with Crippen LogP contribution in [0, 0.1) is 5.92 Å². The molecule has 0 bridgehead atoms. The summed E-state index contributed by atoms with van der Waals surface area (Å²) in [4.78, 5) is 23.0. The Balaban J connectivity index is 1.96. The van der Waals surface area contributed by atoms with Crippen LogP contribution in [0.2, 0.25) is 0 Å². The van der Waals surface area contributed by atoms with Crippen LogP contribution in [0.1, 0.15) is 37.2 Å². The van der Waals surface area contributed by atoms with Gasteiger partial charge in [0.15, 0.2) is 0 Å². The van der Waals surface area contributed by atoms with Crippen LogP contribution in [0.3, 0.4) is 0 Å². The number of anilines is 1. The van der Waals surface area contributed by atoms with Gasteiger partial charge in [-0.1, -0.05) is 13.8 Å². The topological polar surface area (TPSA) is 70.2 Å². The van der Waals surface area contributed by atoms with Gasteiger partial charge in [0.05, 0.1) is 12.4 Å². The lowest BCUT2D eigenvalue weighted by molar-refractivity contribution is 0.0878. The van der Waals surface area contributed by atoms with Gasteiger partial charge in [0, 0.05) is 19.1 Å². The van der Waals surface area contributed by atoms with Crippen LogP contribution < -0.4 is 10.6 Å². The lowest BCUT2D eigenvalue weighted by atomic mass is 9.94. The van der Waals surface area contributed by atoms with E-state index >= 15 is 0 Å². The molecule has 1 fully saturated rings. The largest absolute Gasteiger partial charge is 0.369 e. The maximum absolute atomic E-state index is 12.3. The van der Waals surface area contributed by atoms with Gasteiger partial charge < -0.3 is 15.5 Å². The van der Waals surface area contributed by atoms with E-state index in [0.29, 0.717) is 17.4 Å². The van der Waals surface area contributed by atoms with Crippen molar-refractivity contribution in [3.63, 3.8) is 0 Å². The van der Waals surface area contributed by atoms with Crippen molar-refractivity contribution in [1.82, 2.24) is 20.2 Å². The molecule has 0 aliphatic carbocycles. The van der Waals surface area contributed by atoms with E-state index in [1.807, 2.05) is 0 Å². The van der Waals surface area contributed by atoms with Gasteiger partial charge in [0.2, 0.25) is 0 Å². The highest BCUT2D eigenvalue weighted by Gasteiger charge is 2.26. The molecule has 0 radical (unpaired) electrons. The fraction of sp³-hybridized carbons (Fsp3) is 0.667. The summed E-state index contributed by atoms with van der Waals surface area (Å²) in [6, 6.07) is 0.211. The number of carbonyl (C=O) groups is 1. The Kier molecular flexibility index (Phi) is 5.50. The molecule has 21 heavy (non-hydrogen) atoms. The molecule has 2 rings (SSSR count). The van der Waals surface area contributed by atoms with E-state index in [0.717, 1.165) is 32.5 Å². The molecule has 116 valence electrons. The molecule has 1 aromatic heterocycles. The number of hydrogen-bond donors (Lipinski definition) is 2. The quantitative estimate of drug-likeness (QED) is 0.857. The summed E-state index contributed by atoms with van der Waals surface area (Å²) < 4.78 is 0. The normalized spacial score (nSPS) is 22.8. The Morgan fingerprint density at radius 1 is 1.48 bits per heavy atom. The predicted molar refractivity (Wildman–Crippen MR) is 83.3 cm³/mol. The molecule has 6 heteroatoms. The zero-order valence-corrected chi connectivity index (χ0v) is 13.1. The van der Waals surface area contributed by atoms with E-state index in [-0.39, 0.29) is 11.9 Å². The average Bonchev–Trinajstić information content (AvgIpc) is 2.48. The monoisotopic (exact) mass is 291 g/mol. The molecule has 0 aromatic carbocycles. The van der Waals surface area contributed by atoms with Gasteiger partial charge in [-0.2, -0.15) is 0 Å². The standard InChI is InChI=1S/C15H25N5O/c1-4-6-17-14-9-16-8-13(18-14)15(21)19-12-5-7-20(3)10-11(12)2/h8-9,11-12H,4-7,10H2,1-3H3,(H,17,18)(H,19,21). The van der Waals surface area contributed by atoms with Crippen molar-refractivity contribution in [1.29, 1.82) is 0 Å². The molecular formula is C15H25N5O. The van der Waals surface area contributed by atoms with Gasteiger partial charge in [-0.3, -0.25) is 9.78 Å². The minimum Gasteiger partial charge on any atom is -0.369 e. The SMILES string of the molecule is CCCNc1cncc(C(=O)NC2CCN(C)CC2C)n1. The maximum atomic E-state index is 12.3. The van der Waals surface area contributed by atoms with Gasteiger partial charge in [-0.25, -0.2) is 4.98 Å². The molecule has 1 aromatic rings. The highest BCUT2D eigenvalue weighted by Crippen LogP contribution is 2.15.